The molecular formula is C31H32N6O3. The van der Waals surface area contributed by atoms with Crippen LogP contribution in [-0.2, 0) is 30.6 Å². The van der Waals surface area contributed by atoms with E-state index in [1.165, 1.54) is 0 Å². The van der Waals surface area contributed by atoms with Crippen molar-refractivity contribution >= 4 is 16.8 Å². The summed E-state index contributed by atoms with van der Waals surface area (Å²) in [5.74, 6) is 1.65. The smallest absolute Gasteiger partial charge is 0.240 e. The minimum absolute atomic E-state index is 0.0731. The van der Waals surface area contributed by atoms with Crippen LogP contribution in [0.25, 0.3) is 33.5 Å². The molecule has 40 heavy (non-hydrogen) atoms. The summed E-state index contributed by atoms with van der Waals surface area (Å²) < 4.78 is 5.21. The van der Waals surface area contributed by atoms with E-state index in [1.807, 2.05) is 42.5 Å². The van der Waals surface area contributed by atoms with Gasteiger partial charge in [0.1, 0.15) is 17.2 Å². The number of methoxy groups -OCH3 is 1. The lowest BCUT2D eigenvalue weighted by molar-refractivity contribution is -0.133. The summed E-state index contributed by atoms with van der Waals surface area (Å²) in [5, 5.41) is 18.6. The molecule has 1 aliphatic heterocycles. The quantitative estimate of drug-likeness (QED) is 0.244. The van der Waals surface area contributed by atoms with E-state index in [0.717, 1.165) is 62.4 Å². The van der Waals surface area contributed by atoms with Crippen molar-refractivity contribution in [2.75, 3.05) is 13.7 Å². The molecule has 0 saturated heterocycles. The number of aryl methyl sites for hydroxylation is 1. The molecule has 5 N–H and O–H groups in total. The van der Waals surface area contributed by atoms with Gasteiger partial charge >= 0.3 is 0 Å². The molecule has 0 fully saturated rings. The molecule has 1 atom stereocenters. The van der Waals surface area contributed by atoms with Gasteiger partial charge in [-0.05, 0) is 71.5 Å². The SMILES string of the molecule is CCc1cc(O)ccc1-c1ccc2c(-c3nc4c([nH]3)CN(C(=O)[C@@H](N)Cc3ccc(OC)cc3)CC4)n[nH]c2c1. The molecule has 0 bridgehead atoms. The average molecular weight is 537 g/mol. The first kappa shape index (κ1) is 25.6. The Kier molecular flexibility index (Phi) is 6.73. The second kappa shape index (κ2) is 10.5. The number of nitrogens with one attached hydrogen (secondary N) is 2. The van der Waals surface area contributed by atoms with E-state index in [4.69, 9.17) is 15.5 Å². The van der Waals surface area contributed by atoms with Gasteiger partial charge in [0.25, 0.3) is 0 Å². The van der Waals surface area contributed by atoms with Crippen molar-refractivity contribution in [3.8, 4) is 34.1 Å². The number of carbonyl (C=O) groups is 1. The van der Waals surface area contributed by atoms with Crippen LogP contribution in [-0.4, -0.2) is 55.8 Å². The monoisotopic (exact) mass is 536 g/mol. The fraction of sp³-hybridized carbons (Fsp3) is 0.258. The van der Waals surface area contributed by atoms with Crippen molar-refractivity contribution in [3.05, 3.63) is 83.2 Å². The molecule has 0 saturated carbocycles. The second-order valence-electron chi connectivity index (χ2n) is 10.2. The maximum Gasteiger partial charge on any atom is 0.240 e. The highest BCUT2D eigenvalue weighted by Crippen LogP contribution is 2.33. The van der Waals surface area contributed by atoms with Crippen LogP contribution >= 0.6 is 0 Å². The van der Waals surface area contributed by atoms with Gasteiger partial charge in [0, 0.05) is 18.4 Å². The number of amides is 1. The third-order valence-electron chi connectivity index (χ3n) is 7.64. The van der Waals surface area contributed by atoms with Crippen LogP contribution in [0, 0.1) is 0 Å². The van der Waals surface area contributed by atoms with Gasteiger partial charge in [0.2, 0.25) is 5.91 Å². The Balaban J connectivity index is 1.19. The molecule has 3 heterocycles. The molecule has 1 aliphatic rings. The summed E-state index contributed by atoms with van der Waals surface area (Å²) in [7, 11) is 1.63. The first-order chi connectivity index (χ1) is 19.4. The maximum absolute atomic E-state index is 13.2. The second-order valence-corrected chi connectivity index (χ2v) is 10.2. The summed E-state index contributed by atoms with van der Waals surface area (Å²) in [6.07, 6.45) is 1.94. The third-order valence-corrected chi connectivity index (χ3v) is 7.64. The van der Waals surface area contributed by atoms with Gasteiger partial charge < -0.3 is 25.5 Å². The topological polar surface area (TPSA) is 133 Å². The zero-order chi connectivity index (χ0) is 27.8. The maximum atomic E-state index is 13.2. The molecule has 3 aromatic carbocycles. The summed E-state index contributed by atoms with van der Waals surface area (Å²) in [6, 6.07) is 18.7. The van der Waals surface area contributed by atoms with Crippen LogP contribution in [0.3, 0.4) is 0 Å². The molecule has 1 amide bonds. The van der Waals surface area contributed by atoms with E-state index in [-0.39, 0.29) is 11.7 Å². The molecule has 0 unspecified atom stereocenters. The number of fused-ring (bicyclic) bond motifs is 2. The van der Waals surface area contributed by atoms with E-state index >= 15 is 0 Å². The number of aromatic nitrogens is 4. The number of nitrogens with zero attached hydrogens (tertiary/aromatic N) is 3. The van der Waals surface area contributed by atoms with Crippen LogP contribution < -0.4 is 10.5 Å². The third kappa shape index (κ3) is 4.80. The van der Waals surface area contributed by atoms with E-state index < -0.39 is 6.04 Å². The molecule has 9 nitrogen and oxygen atoms in total. The normalized spacial score (nSPS) is 13.8. The largest absolute Gasteiger partial charge is 0.508 e. The lowest BCUT2D eigenvalue weighted by atomic mass is 9.97. The van der Waals surface area contributed by atoms with Crippen LogP contribution in [0.2, 0.25) is 0 Å². The number of H-pyrrole nitrogens is 2. The number of hydrogen-bond acceptors (Lipinski definition) is 6. The van der Waals surface area contributed by atoms with Gasteiger partial charge in [-0.15, -0.1) is 0 Å². The van der Waals surface area contributed by atoms with Gasteiger partial charge in [0.05, 0.1) is 36.6 Å². The lowest BCUT2D eigenvalue weighted by Gasteiger charge is -2.28. The predicted molar refractivity (Wildman–Crippen MR) is 154 cm³/mol. The highest BCUT2D eigenvalue weighted by atomic mass is 16.5. The summed E-state index contributed by atoms with van der Waals surface area (Å²) in [6.45, 7) is 3.08. The van der Waals surface area contributed by atoms with Crippen molar-refractivity contribution in [1.82, 2.24) is 25.1 Å². The van der Waals surface area contributed by atoms with Gasteiger partial charge in [0.15, 0.2) is 5.82 Å². The van der Waals surface area contributed by atoms with Crippen LogP contribution in [0.1, 0.15) is 29.4 Å². The van der Waals surface area contributed by atoms with Gasteiger partial charge in [-0.1, -0.05) is 31.2 Å². The number of benzene rings is 3. The van der Waals surface area contributed by atoms with Crippen LogP contribution in [0.15, 0.2) is 60.7 Å². The van der Waals surface area contributed by atoms with Crippen LogP contribution in [0.4, 0.5) is 0 Å². The molecule has 6 rings (SSSR count). The zero-order valence-electron chi connectivity index (χ0n) is 22.6. The number of aromatic amines is 2. The number of phenolic OH excluding ortho intramolecular Hbond substituents is 1. The zero-order valence-corrected chi connectivity index (χ0v) is 22.6. The van der Waals surface area contributed by atoms with Crippen molar-refractivity contribution in [2.45, 2.75) is 38.8 Å². The van der Waals surface area contributed by atoms with E-state index in [9.17, 15) is 9.90 Å². The Bertz CT molecular complexity index is 1690. The van der Waals surface area contributed by atoms with Crippen molar-refractivity contribution < 1.29 is 14.6 Å². The lowest BCUT2D eigenvalue weighted by Crippen LogP contribution is -2.46. The van der Waals surface area contributed by atoms with Gasteiger partial charge in [-0.2, -0.15) is 5.10 Å². The number of imidazole rings is 1. The molecular weight excluding hydrogens is 504 g/mol. The number of carbonyl (C=O) groups excluding carboxylic acids is 1. The Morgan fingerprint density at radius 3 is 2.75 bits per heavy atom. The van der Waals surface area contributed by atoms with E-state index in [0.29, 0.717) is 31.8 Å². The standard InChI is InChI=1S/C31H32N6O3/c1-3-19-15-21(38)7-11-23(19)20-6-10-24-27(16-20)35-36-29(24)30-33-26-12-13-37(17-28(26)34-30)31(39)25(32)14-18-4-8-22(40-2)9-5-18/h4-11,15-16,25,38H,3,12-14,17,32H2,1-2H3,(H,33,34)(H,35,36)/t25-/m0/s1. The number of phenols is 1. The number of nitrogens with two attached hydrogens (primary N) is 1. The molecule has 0 radical (unpaired) electrons. The molecule has 0 aliphatic carbocycles. The van der Waals surface area contributed by atoms with Gasteiger partial charge in [-0.3, -0.25) is 9.89 Å². The van der Waals surface area contributed by atoms with E-state index in [1.54, 1.807) is 18.1 Å². The molecule has 5 aromatic rings. The molecule has 0 spiro atoms. The minimum Gasteiger partial charge on any atom is -0.508 e. The molecule has 204 valence electrons. The minimum atomic E-state index is -0.622. The van der Waals surface area contributed by atoms with E-state index in [2.05, 4.69) is 34.2 Å². The molecule has 9 heteroatoms. The van der Waals surface area contributed by atoms with Gasteiger partial charge in [-0.25, -0.2) is 4.98 Å². The number of hydrogen-bond donors (Lipinski definition) is 4. The Morgan fingerprint density at radius 2 is 1.98 bits per heavy atom. The number of rotatable bonds is 7. The summed E-state index contributed by atoms with van der Waals surface area (Å²) in [5.41, 5.74) is 14.0. The molecule has 2 aromatic heterocycles. The average Bonchev–Trinajstić information content (AvgIpc) is 3.60. The fourth-order valence-corrected chi connectivity index (χ4v) is 5.45. The van der Waals surface area contributed by atoms with Crippen molar-refractivity contribution in [3.63, 3.8) is 0 Å². The first-order valence-corrected chi connectivity index (χ1v) is 13.5. The Hall–Kier alpha value is -4.63. The van der Waals surface area contributed by atoms with Crippen molar-refractivity contribution in [2.24, 2.45) is 5.73 Å². The van der Waals surface area contributed by atoms with Crippen molar-refractivity contribution in [1.29, 1.82) is 0 Å². The highest BCUT2D eigenvalue weighted by Gasteiger charge is 2.28. The Morgan fingerprint density at radius 1 is 1.15 bits per heavy atom. The highest BCUT2D eigenvalue weighted by molar-refractivity contribution is 5.94. The summed E-state index contributed by atoms with van der Waals surface area (Å²) >= 11 is 0. The van der Waals surface area contributed by atoms with Crippen LogP contribution in [0.5, 0.6) is 11.5 Å². The first-order valence-electron chi connectivity index (χ1n) is 13.5. The Labute approximate surface area is 232 Å². The summed E-state index contributed by atoms with van der Waals surface area (Å²) in [4.78, 5) is 23.2. The number of ether oxygens (including phenoxy) is 1. The fourth-order valence-electron chi connectivity index (χ4n) is 5.45. The number of aromatic hydroxyl groups is 1. The predicted octanol–water partition coefficient (Wildman–Crippen LogP) is 4.35.